The average Bonchev–Trinajstić information content (AvgIpc) is 2.12. The van der Waals surface area contributed by atoms with Crippen LogP contribution in [0.4, 0.5) is 0 Å². The Hall–Kier alpha value is -0.0900. The van der Waals surface area contributed by atoms with Crippen molar-refractivity contribution in [3.63, 3.8) is 0 Å². The number of hydrogen-bond donors (Lipinski definition) is 1. The van der Waals surface area contributed by atoms with Crippen LogP contribution in [0, 0.1) is 0 Å². The van der Waals surface area contributed by atoms with Crippen LogP contribution in [0.1, 0.15) is 0 Å². The molecule has 0 atom stereocenters. The monoisotopic (exact) mass is 146 g/mol. The van der Waals surface area contributed by atoms with E-state index in [9.17, 15) is 0 Å². The quantitative estimate of drug-likeness (QED) is 0.396. The molecule has 0 saturated heterocycles. The Morgan fingerprint density at radius 3 is 2.88 bits per heavy atom. The molecule has 1 rings (SSSR count). The molecule has 0 unspecified atom stereocenters. The van der Waals surface area contributed by atoms with Crippen molar-refractivity contribution in [3.05, 3.63) is 0 Å². The van der Waals surface area contributed by atoms with Gasteiger partial charge in [-0.2, -0.15) is 0 Å². The van der Waals surface area contributed by atoms with Gasteiger partial charge in [-0.05, 0) is 0 Å². The zero-order chi connectivity index (χ0) is 5.98. The fourth-order valence-electron chi connectivity index (χ4n) is 0.525. The van der Waals surface area contributed by atoms with Crippen LogP contribution in [0.15, 0.2) is 4.99 Å². The molecule has 0 bridgehead atoms. The van der Waals surface area contributed by atoms with Crippen LogP contribution in [-0.4, -0.2) is 28.6 Å². The number of nitrogens with zero attached hydrogens (tertiary/aromatic N) is 2. The van der Waals surface area contributed by atoms with Gasteiger partial charge in [-0.3, -0.25) is 4.99 Å². The summed E-state index contributed by atoms with van der Waals surface area (Å²) in [7, 11) is 0. The van der Waals surface area contributed by atoms with Crippen molar-refractivity contribution < 1.29 is 0 Å². The first-order valence-electron chi connectivity index (χ1n) is 2.30. The van der Waals surface area contributed by atoms with Crippen molar-refractivity contribution in [3.8, 4) is 0 Å². The lowest BCUT2D eigenvalue weighted by atomic mass is 10.6. The number of thiol groups is 1. The number of hydrogen-bond acceptors (Lipinski definition) is 2. The van der Waals surface area contributed by atoms with Crippen molar-refractivity contribution in [2.75, 3.05) is 13.1 Å². The first-order valence-corrected chi connectivity index (χ1v) is 3.16. The minimum absolute atomic E-state index is 0.603. The highest BCUT2D eigenvalue weighted by Crippen LogP contribution is 1.97. The molecule has 0 radical (unpaired) electrons. The molecular weight excluding hydrogens is 140 g/mol. The first kappa shape index (κ1) is 6.04. The van der Waals surface area contributed by atoms with E-state index in [-0.39, 0.29) is 0 Å². The van der Waals surface area contributed by atoms with E-state index < -0.39 is 0 Å². The first-order chi connectivity index (χ1) is 3.80. The van der Waals surface area contributed by atoms with E-state index >= 15 is 0 Å². The number of rotatable bonds is 0. The minimum Gasteiger partial charge on any atom is -0.317 e. The van der Waals surface area contributed by atoms with Gasteiger partial charge in [-0.15, -0.1) is 12.6 Å². The molecule has 0 aromatic rings. The summed E-state index contributed by atoms with van der Waals surface area (Å²) in [4.78, 5) is 5.78. The molecule has 1 aliphatic heterocycles. The second kappa shape index (κ2) is 2.46. The summed E-state index contributed by atoms with van der Waals surface area (Å²) in [5.74, 6) is 0. The van der Waals surface area contributed by atoms with Crippen LogP contribution in [0.5, 0.6) is 0 Å². The van der Waals surface area contributed by atoms with Crippen molar-refractivity contribution in [1.82, 2.24) is 4.90 Å². The molecule has 0 N–H and O–H groups in total. The lowest BCUT2D eigenvalue weighted by Gasteiger charge is -2.07. The Kier molecular flexibility index (Phi) is 1.85. The molecule has 0 fully saturated rings. The molecule has 2 nitrogen and oxygen atoms in total. The number of thiocarbonyl (C=S) groups is 1. The van der Waals surface area contributed by atoms with Gasteiger partial charge >= 0.3 is 0 Å². The number of aliphatic imine (C=N–C) groups is 1. The van der Waals surface area contributed by atoms with Gasteiger partial charge in [0.2, 0.25) is 0 Å². The highest BCUT2D eigenvalue weighted by atomic mass is 32.1. The predicted molar refractivity (Wildman–Crippen MR) is 41.6 cm³/mol. The molecule has 4 heteroatoms. The summed E-state index contributed by atoms with van der Waals surface area (Å²) < 4.78 is 0.603. The molecule has 1 aliphatic rings. The van der Waals surface area contributed by atoms with Gasteiger partial charge in [0.25, 0.3) is 0 Å². The summed E-state index contributed by atoms with van der Waals surface area (Å²) in [6, 6.07) is 0. The zero-order valence-electron chi connectivity index (χ0n) is 4.24. The second-order valence-electron chi connectivity index (χ2n) is 1.50. The molecule has 44 valence electrons. The van der Waals surface area contributed by atoms with E-state index in [1.165, 1.54) is 0 Å². The maximum Gasteiger partial charge on any atom is 0.138 e. The Bertz CT molecular complexity index is 132. The lowest BCUT2D eigenvalue weighted by molar-refractivity contribution is 0.702. The maximum atomic E-state index is 4.75. The van der Waals surface area contributed by atoms with Crippen LogP contribution in [0.25, 0.3) is 0 Å². The summed E-state index contributed by atoms with van der Waals surface area (Å²) >= 11 is 8.71. The molecule has 0 spiro atoms. The maximum absolute atomic E-state index is 4.75. The lowest BCUT2D eigenvalue weighted by Crippen LogP contribution is -2.21. The van der Waals surface area contributed by atoms with Gasteiger partial charge in [0.1, 0.15) is 4.32 Å². The van der Waals surface area contributed by atoms with Gasteiger partial charge < -0.3 is 4.90 Å². The van der Waals surface area contributed by atoms with Gasteiger partial charge in [-0.1, -0.05) is 12.2 Å². The largest absolute Gasteiger partial charge is 0.317 e. The fourth-order valence-corrected chi connectivity index (χ4v) is 0.815. The van der Waals surface area contributed by atoms with E-state index in [4.69, 9.17) is 12.2 Å². The zero-order valence-corrected chi connectivity index (χ0v) is 5.95. The molecule has 8 heavy (non-hydrogen) atoms. The van der Waals surface area contributed by atoms with Crippen LogP contribution in [-0.2, 0) is 0 Å². The van der Waals surface area contributed by atoms with Gasteiger partial charge in [0, 0.05) is 6.54 Å². The van der Waals surface area contributed by atoms with Crippen LogP contribution < -0.4 is 0 Å². The van der Waals surface area contributed by atoms with E-state index in [1.807, 2.05) is 4.90 Å². The SMILES string of the molecule is S=C(S)N1C=NCC1. The highest BCUT2D eigenvalue weighted by molar-refractivity contribution is 8.11. The molecule has 0 aliphatic carbocycles. The summed E-state index contributed by atoms with van der Waals surface area (Å²) in [6.07, 6.45) is 1.72. The van der Waals surface area contributed by atoms with E-state index in [0.29, 0.717) is 4.32 Å². The Balaban J connectivity index is 2.48. The van der Waals surface area contributed by atoms with Crippen molar-refractivity contribution >= 4 is 35.5 Å². The van der Waals surface area contributed by atoms with Gasteiger partial charge in [0.05, 0.1) is 12.9 Å². The topological polar surface area (TPSA) is 15.6 Å². The fraction of sp³-hybridized carbons (Fsp3) is 0.500. The van der Waals surface area contributed by atoms with Crippen LogP contribution >= 0.6 is 24.8 Å². The Labute approximate surface area is 59.0 Å². The molecule has 0 aromatic carbocycles. The molecule has 0 saturated carbocycles. The van der Waals surface area contributed by atoms with E-state index in [2.05, 4.69) is 17.6 Å². The third-order valence-electron chi connectivity index (χ3n) is 0.937. The van der Waals surface area contributed by atoms with Crippen LogP contribution in [0.3, 0.4) is 0 Å². The average molecular weight is 146 g/mol. The van der Waals surface area contributed by atoms with E-state index in [0.717, 1.165) is 13.1 Å². The summed E-state index contributed by atoms with van der Waals surface area (Å²) in [5.41, 5.74) is 0. The minimum atomic E-state index is 0.603. The Morgan fingerprint density at radius 1 is 1.88 bits per heavy atom. The van der Waals surface area contributed by atoms with Crippen LogP contribution in [0.2, 0.25) is 0 Å². The van der Waals surface area contributed by atoms with Gasteiger partial charge in [-0.25, -0.2) is 0 Å². The Morgan fingerprint density at radius 2 is 2.62 bits per heavy atom. The molecule has 0 amide bonds. The van der Waals surface area contributed by atoms with Gasteiger partial charge in [0.15, 0.2) is 0 Å². The third kappa shape index (κ3) is 1.20. The third-order valence-corrected chi connectivity index (χ3v) is 1.43. The standard InChI is InChI=1S/C4H6N2S2/c7-4(8)6-2-1-5-3-6/h3H,1-2H2,(H,7,8). The molecular formula is C4H6N2S2. The summed E-state index contributed by atoms with van der Waals surface area (Å²) in [6.45, 7) is 1.74. The van der Waals surface area contributed by atoms with E-state index in [1.54, 1.807) is 6.34 Å². The van der Waals surface area contributed by atoms with Crippen molar-refractivity contribution in [2.45, 2.75) is 0 Å². The second-order valence-corrected chi connectivity index (χ2v) is 2.61. The van der Waals surface area contributed by atoms with Crippen molar-refractivity contribution in [2.24, 2.45) is 4.99 Å². The summed E-state index contributed by atoms with van der Waals surface area (Å²) in [5, 5.41) is 0. The molecule has 1 heterocycles. The normalized spacial score (nSPS) is 17.4. The smallest absolute Gasteiger partial charge is 0.138 e. The van der Waals surface area contributed by atoms with Crippen molar-refractivity contribution in [1.29, 1.82) is 0 Å². The molecule has 0 aromatic heterocycles. The highest BCUT2D eigenvalue weighted by Gasteiger charge is 2.05. The predicted octanol–water partition coefficient (Wildman–Crippen LogP) is 0.545.